The van der Waals surface area contributed by atoms with Crippen LogP contribution >= 0.6 is 0 Å². The molecule has 0 aromatic heterocycles. The lowest BCUT2D eigenvalue weighted by Crippen LogP contribution is -1.91. The highest BCUT2D eigenvalue weighted by Gasteiger charge is 2.04. The number of rotatable bonds is 3. The van der Waals surface area contributed by atoms with Gasteiger partial charge in [-0.3, -0.25) is 4.79 Å². The summed E-state index contributed by atoms with van der Waals surface area (Å²) in [7, 11) is 0. The Labute approximate surface area is 101 Å². The summed E-state index contributed by atoms with van der Waals surface area (Å²) < 4.78 is 5.68. The van der Waals surface area contributed by atoms with Crippen molar-refractivity contribution in [3.05, 3.63) is 59.2 Å². The van der Waals surface area contributed by atoms with Crippen molar-refractivity contribution in [1.82, 2.24) is 0 Å². The SMILES string of the molecule is Cc1ccc(Oc2ccc(C)cc2C=O)cc1. The number of hydrogen-bond acceptors (Lipinski definition) is 2. The molecule has 0 aliphatic rings. The predicted molar refractivity (Wildman–Crippen MR) is 67.8 cm³/mol. The van der Waals surface area contributed by atoms with Gasteiger partial charge < -0.3 is 4.74 Å². The van der Waals surface area contributed by atoms with E-state index in [0.29, 0.717) is 11.3 Å². The van der Waals surface area contributed by atoms with Crippen LogP contribution < -0.4 is 4.74 Å². The molecule has 0 fully saturated rings. The molecule has 2 nitrogen and oxygen atoms in total. The van der Waals surface area contributed by atoms with E-state index in [-0.39, 0.29) is 0 Å². The van der Waals surface area contributed by atoms with Crippen LogP contribution in [0, 0.1) is 13.8 Å². The lowest BCUT2D eigenvalue weighted by molar-refractivity contribution is 0.112. The van der Waals surface area contributed by atoms with Crippen LogP contribution in [0.1, 0.15) is 21.5 Å². The van der Waals surface area contributed by atoms with Crippen LogP contribution in [0.25, 0.3) is 0 Å². The maximum absolute atomic E-state index is 10.9. The summed E-state index contributed by atoms with van der Waals surface area (Å²) >= 11 is 0. The standard InChI is InChI=1S/C15H14O2/c1-11-3-6-14(7-4-11)17-15-8-5-12(2)9-13(15)10-16/h3-10H,1-2H3. The molecular formula is C15H14O2. The van der Waals surface area contributed by atoms with E-state index in [4.69, 9.17) is 4.74 Å². The largest absolute Gasteiger partial charge is 0.457 e. The van der Waals surface area contributed by atoms with Crippen molar-refractivity contribution in [2.75, 3.05) is 0 Å². The minimum Gasteiger partial charge on any atom is -0.457 e. The third-order valence-electron chi connectivity index (χ3n) is 2.54. The molecule has 0 amide bonds. The summed E-state index contributed by atoms with van der Waals surface area (Å²) in [5.74, 6) is 1.33. The maximum atomic E-state index is 10.9. The zero-order valence-corrected chi connectivity index (χ0v) is 9.94. The molecule has 0 radical (unpaired) electrons. The molecule has 2 rings (SSSR count). The molecule has 0 aliphatic carbocycles. The number of aryl methyl sites for hydroxylation is 2. The van der Waals surface area contributed by atoms with Gasteiger partial charge in [0.15, 0.2) is 6.29 Å². The number of aldehydes is 1. The Morgan fingerprint density at radius 1 is 0.941 bits per heavy atom. The van der Waals surface area contributed by atoms with Gasteiger partial charge >= 0.3 is 0 Å². The molecule has 2 aromatic rings. The van der Waals surface area contributed by atoms with Gasteiger partial charge in [-0.15, -0.1) is 0 Å². The molecule has 2 aromatic carbocycles. The summed E-state index contributed by atoms with van der Waals surface area (Å²) in [5.41, 5.74) is 2.80. The fraction of sp³-hybridized carbons (Fsp3) is 0.133. The van der Waals surface area contributed by atoms with E-state index in [1.54, 1.807) is 0 Å². The molecule has 0 bridgehead atoms. The Hall–Kier alpha value is -2.09. The van der Waals surface area contributed by atoms with Crippen LogP contribution in [-0.2, 0) is 0 Å². The smallest absolute Gasteiger partial charge is 0.153 e. The first-order valence-electron chi connectivity index (χ1n) is 5.49. The minimum atomic E-state index is 0.575. The summed E-state index contributed by atoms with van der Waals surface area (Å²) in [5, 5.41) is 0. The van der Waals surface area contributed by atoms with Gasteiger partial charge in [-0.25, -0.2) is 0 Å². The number of ether oxygens (including phenoxy) is 1. The van der Waals surface area contributed by atoms with Crippen molar-refractivity contribution in [1.29, 1.82) is 0 Å². The van der Waals surface area contributed by atoms with Crippen molar-refractivity contribution < 1.29 is 9.53 Å². The van der Waals surface area contributed by atoms with E-state index in [9.17, 15) is 4.79 Å². The van der Waals surface area contributed by atoms with Crippen molar-refractivity contribution in [2.45, 2.75) is 13.8 Å². The van der Waals surface area contributed by atoms with Crippen LogP contribution in [0.4, 0.5) is 0 Å². The average Bonchev–Trinajstić information content (AvgIpc) is 2.34. The van der Waals surface area contributed by atoms with Crippen LogP contribution in [0.3, 0.4) is 0 Å². The third-order valence-corrected chi connectivity index (χ3v) is 2.54. The van der Waals surface area contributed by atoms with Crippen molar-refractivity contribution in [2.24, 2.45) is 0 Å². The first-order chi connectivity index (χ1) is 8.19. The highest BCUT2D eigenvalue weighted by molar-refractivity contribution is 5.79. The van der Waals surface area contributed by atoms with Gasteiger partial charge in [0, 0.05) is 0 Å². The van der Waals surface area contributed by atoms with Crippen molar-refractivity contribution in [3.8, 4) is 11.5 Å². The molecule has 2 heteroatoms. The number of hydrogen-bond donors (Lipinski definition) is 0. The Bertz CT molecular complexity index is 527. The van der Waals surface area contributed by atoms with Crippen LogP contribution in [0.15, 0.2) is 42.5 Å². The van der Waals surface area contributed by atoms with Crippen LogP contribution in [-0.4, -0.2) is 6.29 Å². The van der Waals surface area contributed by atoms with Gasteiger partial charge in [-0.05, 0) is 38.1 Å². The topological polar surface area (TPSA) is 26.3 Å². The lowest BCUT2D eigenvalue weighted by atomic mass is 10.1. The fourth-order valence-electron chi connectivity index (χ4n) is 1.59. The first-order valence-corrected chi connectivity index (χ1v) is 5.49. The van der Waals surface area contributed by atoms with Gasteiger partial charge in [-0.1, -0.05) is 29.3 Å². The van der Waals surface area contributed by atoms with Crippen LogP contribution in [0.2, 0.25) is 0 Å². The lowest BCUT2D eigenvalue weighted by Gasteiger charge is -2.08. The molecule has 17 heavy (non-hydrogen) atoms. The zero-order chi connectivity index (χ0) is 12.3. The van der Waals surface area contributed by atoms with Gasteiger partial charge in [0.05, 0.1) is 5.56 Å². The normalized spacial score (nSPS) is 10.0. The van der Waals surface area contributed by atoms with E-state index in [2.05, 4.69) is 0 Å². The van der Waals surface area contributed by atoms with E-state index >= 15 is 0 Å². The van der Waals surface area contributed by atoms with Crippen molar-refractivity contribution >= 4 is 6.29 Å². The molecule has 0 aliphatic heterocycles. The maximum Gasteiger partial charge on any atom is 0.153 e. The Morgan fingerprint density at radius 3 is 2.24 bits per heavy atom. The third kappa shape index (κ3) is 2.72. The summed E-state index contributed by atoms with van der Waals surface area (Å²) in [6.07, 6.45) is 0.816. The van der Waals surface area contributed by atoms with Gasteiger partial charge in [-0.2, -0.15) is 0 Å². The highest BCUT2D eigenvalue weighted by atomic mass is 16.5. The summed E-state index contributed by atoms with van der Waals surface area (Å²) in [6.45, 7) is 3.97. The van der Waals surface area contributed by atoms with E-state index < -0.39 is 0 Å². The molecule has 86 valence electrons. The molecule has 0 spiro atoms. The molecule has 0 N–H and O–H groups in total. The second-order valence-electron chi connectivity index (χ2n) is 4.07. The molecule has 0 saturated heterocycles. The average molecular weight is 226 g/mol. The van der Waals surface area contributed by atoms with E-state index in [1.807, 2.05) is 56.3 Å². The van der Waals surface area contributed by atoms with Gasteiger partial charge in [0.2, 0.25) is 0 Å². The van der Waals surface area contributed by atoms with Gasteiger partial charge in [0.25, 0.3) is 0 Å². The first kappa shape index (κ1) is 11.4. The number of benzene rings is 2. The molecule has 0 unspecified atom stereocenters. The summed E-state index contributed by atoms with van der Waals surface area (Å²) in [6, 6.07) is 13.3. The van der Waals surface area contributed by atoms with Gasteiger partial charge in [0.1, 0.15) is 11.5 Å². The van der Waals surface area contributed by atoms with E-state index in [0.717, 1.165) is 17.6 Å². The van der Waals surface area contributed by atoms with Crippen LogP contribution in [0.5, 0.6) is 11.5 Å². The Kier molecular flexibility index (Phi) is 3.24. The zero-order valence-electron chi connectivity index (χ0n) is 9.94. The van der Waals surface area contributed by atoms with E-state index in [1.165, 1.54) is 5.56 Å². The highest BCUT2D eigenvalue weighted by Crippen LogP contribution is 2.25. The molecule has 0 heterocycles. The quantitative estimate of drug-likeness (QED) is 0.742. The molecule has 0 saturated carbocycles. The molecule has 0 atom stereocenters. The number of carbonyl (C=O) groups is 1. The molecular weight excluding hydrogens is 212 g/mol. The minimum absolute atomic E-state index is 0.575. The fourth-order valence-corrected chi connectivity index (χ4v) is 1.59. The van der Waals surface area contributed by atoms with Crippen molar-refractivity contribution in [3.63, 3.8) is 0 Å². The summed E-state index contributed by atoms with van der Waals surface area (Å²) in [4.78, 5) is 10.9. The predicted octanol–water partition coefficient (Wildman–Crippen LogP) is 3.91. The Balaban J connectivity index is 2.29. The number of carbonyl (C=O) groups excluding carboxylic acids is 1. The second-order valence-corrected chi connectivity index (χ2v) is 4.07. The second kappa shape index (κ2) is 4.83. The Morgan fingerprint density at radius 2 is 1.59 bits per heavy atom. The monoisotopic (exact) mass is 226 g/mol.